The van der Waals surface area contributed by atoms with Gasteiger partial charge in [0.05, 0.1) is 54.4 Å². The van der Waals surface area contributed by atoms with Gasteiger partial charge in [-0.05, 0) is 126 Å². The molecule has 6 rings (SSSR count). The Bertz CT molecular complexity index is 1120. The number of esters is 3. The molecule has 6 aliphatic rings. The van der Waals surface area contributed by atoms with Crippen LogP contribution in [0.4, 0.5) is 0 Å². The van der Waals surface area contributed by atoms with E-state index in [1.165, 1.54) is 0 Å². The molecule has 9 nitrogen and oxygen atoms in total. The van der Waals surface area contributed by atoms with Crippen LogP contribution in [0.5, 0.6) is 0 Å². The van der Waals surface area contributed by atoms with Gasteiger partial charge in [-0.1, -0.05) is 6.92 Å². The molecule has 266 valence electrons. The topological polar surface area (TPSA) is 116 Å². The summed E-state index contributed by atoms with van der Waals surface area (Å²) >= 11 is 0. The molecule has 9 atom stereocenters. The highest BCUT2D eigenvalue weighted by Crippen LogP contribution is 2.54. The third-order valence-corrected chi connectivity index (χ3v) is 13.4. The fourth-order valence-corrected chi connectivity index (χ4v) is 9.30. The summed E-state index contributed by atoms with van der Waals surface area (Å²) in [5, 5.41) is 0. The van der Waals surface area contributed by atoms with Gasteiger partial charge in [-0.15, -0.1) is 0 Å². The van der Waals surface area contributed by atoms with Crippen molar-refractivity contribution in [3.8, 4) is 0 Å². The van der Waals surface area contributed by atoms with Crippen LogP contribution in [0.1, 0.15) is 146 Å². The summed E-state index contributed by atoms with van der Waals surface area (Å²) < 4.78 is 36.2. The lowest BCUT2D eigenvalue weighted by Gasteiger charge is -2.39. The molecule has 3 aliphatic carbocycles. The molecule has 0 radical (unpaired) electrons. The van der Waals surface area contributed by atoms with Gasteiger partial charge in [0.15, 0.2) is 0 Å². The number of fused-ring (bicyclic) bond motifs is 3. The Balaban J connectivity index is 1.10. The van der Waals surface area contributed by atoms with E-state index in [1.54, 1.807) is 0 Å². The van der Waals surface area contributed by atoms with E-state index in [9.17, 15) is 14.4 Å². The van der Waals surface area contributed by atoms with E-state index >= 15 is 0 Å². The van der Waals surface area contributed by atoms with Gasteiger partial charge in [0.2, 0.25) is 0 Å². The molecule has 9 heteroatoms. The van der Waals surface area contributed by atoms with E-state index in [1.807, 2.05) is 48.5 Å². The van der Waals surface area contributed by atoms with Gasteiger partial charge in [0.25, 0.3) is 0 Å². The standard InChI is InChI=1S/C38H60O9/c1-32(2,23-11-14-36(8)26(17-23)42-36)45-29(39)20-35(7,21-30(40)46-33(3,4)24-12-15-37(9)27(18-24)43-37)22-31(41)47-34(5,6)25-13-16-38(10)28(19-25)44-38/h23-28H,11-22H2,1-10H3/t23?,24?,25?,26-,27?,28?,35?,36?,37?,38?/m0/s1. The second-order valence-corrected chi connectivity index (χ2v) is 18.7. The molecule has 47 heavy (non-hydrogen) atoms. The molecule has 3 saturated carbocycles. The van der Waals surface area contributed by atoms with Gasteiger partial charge in [-0.2, -0.15) is 0 Å². The van der Waals surface area contributed by atoms with E-state index in [-0.39, 0.29) is 72.1 Å². The minimum atomic E-state index is -1.05. The fraction of sp³-hybridized carbons (Fsp3) is 0.921. The molecular weight excluding hydrogens is 600 g/mol. The Morgan fingerprint density at radius 2 is 0.787 bits per heavy atom. The molecule has 0 N–H and O–H groups in total. The number of carbonyl (C=O) groups excluding carboxylic acids is 3. The third kappa shape index (κ3) is 7.42. The Kier molecular flexibility index (Phi) is 8.53. The van der Waals surface area contributed by atoms with Crippen LogP contribution >= 0.6 is 0 Å². The molecular formula is C38H60O9. The smallest absolute Gasteiger partial charge is 0.306 e. The van der Waals surface area contributed by atoms with Gasteiger partial charge < -0.3 is 28.4 Å². The fourth-order valence-electron chi connectivity index (χ4n) is 9.30. The summed E-state index contributed by atoms with van der Waals surface area (Å²) in [4.78, 5) is 41.0. The summed E-state index contributed by atoms with van der Waals surface area (Å²) in [7, 11) is 0. The van der Waals surface area contributed by atoms with Crippen LogP contribution < -0.4 is 0 Å². The Hall–Kier alpha value is -1.71. The lowest BCUT2D eigenvalue weighted by molar-refractivity contribution is -0.173. The lowest BCUT2D eigenvalue weighted by atomic mass is 9.74. The number of epoxide rings is 3. The van der Waals surface area contributed by atoms with E-state index in [2.05, 4.69) is 20.8 Å². The van der Waals surface area contributed by atoms with Gasteiger partial charge >= 0.3 is 17.9 Å². The van der Waals surface area contributed by atoms with Crippen molar-refractivity contribution < 1.29 is 42.8 Å². The van der Waals surface area contributed by atoms with E-state index < -0.39 is 40.1 Å². The highest BCUT2D eigenvalue weighted by molar-refractivity contribution is 5.78. The quantitative estimate of drug-likeness (QED) is 0.124. The van der Waals surface area contributed by atoms with Crippen molar-refractivity contribution in [1.29, 1.82) is 0 Å². The Labute approximate surface area is 281 Å². The highest BCUT2D eigenvalue weighted by atomic mass is 16.6. The monoisotopic (exact) mass is 660 g/mol. The van der Waals surface area contributed by atoms with E-state index in [0.29, 0.717) is 0 Å². The normalized spacial score (nSPS) is 40.5. The van der Waals surface area contributed by atoms with Crippen molar-refractivity contribution in [3.05, 3.63) is 0 Å². The lowest BCUT2D eigenvalue weighted by Crippen LogP contribution is -2.44. The van der Waals surface area contributed by atoms with Crippen LogP contribution in [0.2, 0.25) is 0 Å². The molecule has 0 amide bonds. The molecule has 8 unspecified atom stereocenters. The molecule has 0 bridgehead atoms. The molecule has 0 spiro atoms. The first-order chi connectivity index (χ1) is 21.6. The van der Waals surface area contributed by atoms with Crippen LogP contribution in [0.15, 0.2) is 0 Å². The van der Waals surface area contributed by atoms with Crippen LogP contribution in [0.3, 0.4) is 0 Å². The second-order valence-electron chi connectivity index (χ2n) is 18.7. The number of ether oxygens (including phenoxy) is 6. The maximum absolute atomic E-state index is 13.7. The molecule has 0 aromatic rings. The van der Waals surface area contributed by atoms with Crippen molar-refractivity contribution in [2.45, 2.75) is 198 Å². The van der Waals surface area contributed by atoms with Crippen molar-refractivity contribution in [2.24, 2.45) is 23.2 Å². The highest BCUT2D eigenvalue weighted by Gasteiger charge is 2.60. The zero-order valence-electron chi connectivity index (χ0n) is 30.6. The van der Waals surface area contributed by atoms with Crippen LogP contribution in [-0.4, -0.2) is 69.8 Å². The van der Waals surface area contributed by atoms with Crippen molar-refractivity contribution in [2.75, 3.05) is 0 Å². The van der Waals surface area contributed by atoms with Crippen LogP contribution in [-0.2, 0) is 42.8 Å². The maximum Gasteiger partial charge on any atom is 0.306 e. The Morgan fingerprint density at radius 3 is 1.02 bits per heavy atom. The third-order valence-electron chi connectivity index (χ3n) is 13.4. The minimum Gasteiger partial charge on any atom is -0.459 e. The molecule has 3 aliphatic heterocycles. The summed E-state index contributed by atoms with van der Waals surface area (Å²) in [5.41, 5.74) is -3.21. The van der Waals surface area contributed by atoms with E-state index in [4.69, 9.17) is 28.4 Å². The number of hydrogen-bond donors (Lipinski definition) is 0. The SMILES string of the molecule is CC(CC(=O)OC(C)(C)C1CCC2(C)OC2C1)(CC(=O)OC(C)(C)C1CCC2(C)OC2C1)CC(=O)OC(C)(C)C1CCC2(C)O[C@H]2C1. The first kappa shape index (κ1) is 35.1. The van der Waals surface area contributed by atoms with Gasteiger partial charge in [-0.25, -0.2) is 0 Å². The average molecular weight is 661 g/mol. The van der Waals surface area contributed by atoms with Crippen molar-refractivity contribution in [1.82, 2.24) is 0 Å². The summed E-state index contributed by atoms with van der Waals surface area (Å²) in [6, 6.07) is 0. The van der Waals surface area contributed by atoms with Gasteiger partial charge in [-0.3, -0.25) is 14.4 Å². The first-order valence-corrected chi connectivity index (χ1v) is 18.2. The second kappa shape index (κ2) is 11.4. The summed E-state index contributed by atoms with van der Waals surface area (Å²) in [6.07, 6.45) is 8.55. The first-order valence-electron chi connectivity index (χ1n) is 18.2. The Morgan fingerprint density at radius 1 is 0.532 bits per heavy atom. The molecule has 3 heterocycles. The van der Waals surface area contributed by atoms with Crippen LogP contribution in [0, 0.1) is 23.2 Å². The van der Waals surface area contributed by atoms with Crippen molar-refractivity contribution >= 4 is 17.9 Å². The van der Waals surface area contributed by atoms with Crippen molar-refractivity contribution in [3.63, 3.8) is 0 Å². The minimum absolute atomic E-state index is 0.0244. The summed E-state index contributed by atoms with van der Waals surface area (Å²) in [6.45, 7) is 20.0. The number of carbonyl (C=O) groups is 3. The van der Waals surface area contributed by atoms with Gasteiger partial charge in [0.1, 0.15) is 16.8 Å². The van der Waals surface area contributed by atoms with Crippen LogP contribution in [0.25, 0.3) is 0 Å². The molecule has 0 aromatic heterocycles. The zero-order chi connectivity index (χ0) is 34.4. The number of rotatable bonds is 12. The average Bonchev–Trinajstić information content (AvgIpc) is 3.83. The maximum atomic E-state index is 13.7. The predicted octanol–water partition coefficient (Wildman–Crippen LogP) is 7.00. The summed E-state index contributed by atoms with van der Waals surface area (Å²) in [5.74, 6) is -0.731. The number of hydrogen-bond acceptors (Lipinski definition) is 9. The molecule has 3 saturated heterocycles. The zero-order valence-corrected chi connectivity index (χ0v) is 30.6. The molecule has 0 aromatic carbocycles. The van der Waals surface area contributed by atoms with E-state index in [0.717, 1.165) is 57.8 Å². The predicted molar refractivity (Wildman–Crippen MR) is 174 cm³/mol. The van der Waals surface area contributed by atoms with Gasteiger partial charge in [0, 0.05) is 17.8 Å². The molecule has 6 fully saturated rings. The largest absolute Gasteiger partial charge is 0.459 e.